The molecule has 0 radical (unpaired) electrons. The summed E-state index contributed by atoms with van der Waals surface area (Å²) in [4.78, 5) is 22.2. The third kappa shape index (κ3) is 11.5. The number of fused-ring (bicyclic) bond motifs is 4. The average molecular weight is 990 g/mol. The summed E-state index contributed by atoms with van der Waals surface area (Å²) >= 11 is 15.2. The molecule has 4 atom stereocenters. The zero-order valence-corrected chi connectivity index (χ0v) is 40.2. The number of pyridine rings is 2. The Hall–Kier alpha value is -5.16. The number of hydrogen-bond acceptors (Lipinski definition) is 13. The lowest BCUT2D eigenvalue weighted by molar-refractivity contribution is 0.265. The summed E-state index contributed by atoms with van der Waals surface area (Å²) in [7, 11) is 3.32. The quantitative estimate of drug-likeness (QED) is 0.124. The van der Waals surface area contributed by atoms with Gasteiger partial charge in [0.1, 0.15) is 11.5 Å². The molecule has 0 amide bonds. The molecule has 2 aliphatic heterocycles. The van der Waals surface area contributed by atoms with Crippen molar-refractivity contribution in [3.8, 4) is 35.3 Å². The summed E-state index contributed by atoms with van der Waals surface area (Å²) in [5, 5.41) is 10.1. The normalized spacial score (nSPS) is 21.8. The van der Waals surface area contributed by atoms with E-state index in [0.29, 0.717) is 98.8 Å². The lowest BCUT2D eigenvalue weighted by Gasteiger charge is -2.39. The van der Waals surface area contributed by atoms with Crippen LogP contribution in [0.1, 0.15) is 45.4 Å². The molecule has 4 bridgehead atoms. The summed E-state index contributed by atoms with van der Waals surface area (Å²) < 4.78 is 26.1. The Balaban J connectivity index is 0.000000147. The molecule has 2 saturated heterocycles. The fourth-order valence-electron chi connectivity index (χ4n) is 9.58. The van der Waals surface area contributed by atoms with Crippen molar-refractivity contribution in [3.05, 3.63) is 106 Å². The van der Waals surface area contributed by atoms with Gasteiger partial charge in [-0.2, -0.15) is 15.1 Å². The first-order valence-corrected chi connectivity index (χ1v) is 23.8. The number of methoxy groups -OCH3 is 2. The third-order valence-electron chi connectivity index (χ3n) is 12.8. The predicted molar refractivity (Wildman–Crippen MR) is 256 cm³/mol. The Morgan fingerprint density at radius 1 is 0.646 bits per heavy atom. The Morgan fingerprint density at radius 2 is 1.12 bits per heavy atom. The Kier molecular flexibility index (Phi) is 15.3. The number of rotatable bonds is 12. The van der Waals surface area contributed by atoms with E-state index in [1.54, 1.807) is 37.1 Å². The number of nitrogens with zero attached hydrogens (tertiary/aromatic N) is 10. The van der Waals surface area contributed by atoms with Gasteiger partial charge in [0.15, 0.2) is 5.82 Å². The summed E-state index contributed by atoms with van der Waals surface area (Å²) in [6.45, 7) is 9.66. The molecule has 4 aromatic heterocycles. The minimum absolute atomic E-state index is 0.412. The number of anilines is 2. The van der Waals surface area contributed by atoms with Crippen molar-refractivity contribution in [1.29, 1.82) is 0 Å². The van der Waals surface area contributed by atoms with Crippen LogP contribution in [0, 0.1) is 29.6 Å². The summed E-state index contributed by atoms with van der Waals surface area (Å²) in [5.74, 6) is 6.72. The highest BCUT2D eigenvalue weighted by atomic mass is 79.9. The molecule has 4 unspecified atom stereocenters. The molecule has 15 nitrogen and oxygen atoms in total. The molecule has 2 saturated carbocycles. The van der Waals surface area contributed by atoms with Crippen molar-refractivity contribution in [3.63, 3.8) is 0 Å². The molecule has 344 valence electrons. The van der Waals surface area contributed by atoms with Crippen LogP contribution in [0.25, 0.3) is 0 Å². The van der Waals surface area contributed by atoms with Crippen LogP contribution in [0.2, 0.25) is 10.0 Å². The monoisotopic (exact) mass is 987 g/mol. The van der Waals surface area contributed by atoms with Crippen LogP contribution >= 0.6 is 39.1 Å². The minimum Gasteiger partial charge on any atom is -0.481 e. The van der Waals surface area contributed by atoms with E-state index in [1.165, 1.54) is 37.1 Å². The fraction of sp³-hybridized carbons (Fsp3) is 0.447. The highest BCUT2D eigenvalue weighted by Crippen LogP contribution is 2.45. The largest absolute Gasteiger partial charge is 0.481 e. The number of halogens is 3. The van der Waals surface area contributed by atoms with Crippen LogP contribution in [0.5, 0.6) is 35.3 Å². The molecule has 0 spiro atoms. The van der Waals surface area contributed by atoms with Crippen LogP contribution in [-0.4, -0.2) is 85.9 Å². The Labute approximate surface area is 398 Å². The smallest absolute Gasteiger partial charge is 0.321 e. The number of ether oxygens (including phenoxy) is 4. The average Bonchev–Trinajstić information content (AvgIpc) is 3.99. The van der Waals surface area contributed by atoms with Crippen molar-refractivity contribution in [1.82, 2.24) is 39.5 Å². The van der Waals surface area contributed by atoms with E-state index in [2.05, 4.69) is 64.8 Å². The SMILES string of the molecule is CCn1nc(Br)nc1Oc1cccc(Cl)c1.CCn1nc(CC2C3CCC2CN(c2ccnc(OC)c2)C3)nc1Oc1cccc(Cl)c1.COc1cc(N2CC3CCC(C2)C3N)ccn1. The highest BCUT2D eigenvalue weighted by molar-refractivity contribution is 9.10. The van der Waals surface area contributed by atoms with Crippen LogP contribution in [0.15, 0.2) is 89.9 Å². The Morgan fingerprint density at radius 3 is 1.62 bits per heavy atom. The molecule has 18 heteroatoms. The van der Waals surface area contributed by atoms with Crippen molar-refractivity contribution >= 4 is 50.5 Å². The minimum atomic E-state index is 0.412. The van der Waals surface area contributed by atoms with Gasteiger partial charge in [0.05, 0.1) is 14.2 Å². The van der Waals surface area contributed by atoms with E-state index in [-0.39, 0.29) is 0 Å². The molecule has 2 aliphatic carbocycles. The summed E-state index contributed by atoms with van der Waals surface area (Å²) in [6, 6.07) is 24.1. The Bertz CT molecular complexity index is 2480. The second-order valence-corrected chi connectivity index (χ2v) is 18.4. The van der Waals surface area contributed by atoms with E-state index in [4.69, 9.17) is 58.0 Å². The van der Waals surface area contributed by atoms with Gasteiger partial charge in [-0.15, -0.1) is 5.10 Å². The number of nitrogens with two attached hydrogens (primary N) is 1. The van der Waals surface area contributed by atoms with Crippen molar-refractivity contribution in [2.75, 3.05) is 50.2 Å². The van der Waals surface area contributed by atoms with Gasteiger partial charge < -0.3 is 34.5 Å². The maximum atomic E-state index is 6.22. The van der Waals surface area contributed by atoms with Gasteiger partial charge in [-0.25, -0.2) is 19.3 Å². The number of hydrogen-bond donors (Lipinski definition) is 1. The van der Waals surface area contributed by atoms with Crippen molar-refractivity contribution in [2.24, 2.45) is 35.3 Å². The second-order valence-electron chi connectivity index (χ2n) is 16.8. The molecule has 65 heavy (non-hydrogen) atoms. The highest BCUT2D eigenvalue weighted by Gasteiger charge is 2.43. The van der Waals surface area contributed by atoms with Crippen LogP contribution in [0.4, 0.5) is 11.4 Å². The summed E-state index contributed by atoms with van der Waals surface area (Å²) in [6.07, 6.45) is 9.61. The lowest BCUT2D eigenvalue weighted by atomic mass is 9.82. The van der Waals surface area contributed by atoms with E-state index in [1.807, 2.05) is 66.5 Å². The molecule has 2 N–H and O–H groups in total. The maximum Gasteiger partial charge on any atom is 0.321 e. The van der Waals surface area contributed by atoms with Gasteiger partial charge in [-0.3, -0.25) is 0 Å². The first-order chi connectivity index (χ1) is 31.6. The maximum absolute atomic E-state index is 6.22. The van der Waals surface area contributed by atoms with Gasteiger partial charge in [-0.1, -0.05) is 35.3 Å². The zero-order chi connectivity index (χ0) is 45.5. The van der Waals surface area contributed by atoms with E-state index in [0.717, 1.165) is 38.4 Å². The molecular weight excluding hydrogens is 933 g/mol. The van der Waals surface area contributed by atoms with Gasteiger partial charge in [0, 0.05) is 97.7 Å². The number of piperidine rings is 2. The van der Waals surface area contributed by atoms with Gasteiger partial charge >= 0.3 is 12.0 Å². The lowest BCUT2D eigenvalue weighted by Crippen LogP contribution is -2.48. The second kappa shape index (κ2) is 21.4. The van der Waals surface area contributed by atoms with E-state index in [9.17, 15) is 0 Å². The first-order valence-electron chi connectivity index (χ1n) is 22.3. The topological polar surface area (TPSA) is 157 Å². The molecule has 6 aromatic rings. The molecule has 6 heterocycles. The molecule has 4 fully saturated rings. The van der Waals surface area contributed by atoms with Gasteiger partial charge in [-0.05, 0) is 134 Å². The molecule has 10 rings (SSSR count). The van der Waals surface area contributed by atoms with Gasteiger partial charge in [0.25, 0.3) is 0 Å². The molecular formula is C47H56BrCl2N11O4. The third-order valence-corrected chi connectivity index (χ3v) is 13.6. The van der Waals surface area contributed by atoms with Crippen LogP contribution < -0.4 is 34.5 Å². The number of aryl methyl sites for hydroxylation is 2. The van der Waals surface area contributed by atoms with Gasteiger partial charge in [0.2, 0.25) is 16.5 Å². The standard InChI is InChI=1S/C24H28ClN5O2.C13H19N3O.C10H9BrClN3O/c1-3-30-24(32-20-6-4-5-18(25)11-20)27-22(28-30)13-21-16-7-8-17(21)15-29(14-16)19-9-10-26-23(12-19)31-2;1-17-12-6-11(4-5-15-12)16-7-9-2-3-10(8-16)13(9)14;1-2-15-10(13-9(11)14-15)16-8-5-3-4-7(12)6-8/h4-6,9-12,16-17,21H,3,7-8,13-15H2,1-2H3;4-6,9-10,13H,2-3,7-8,14H2,1H3;3-6H,2H2,1H3. The van der Waals surface area contributed by atoms with Crippen molar-refractivity contribution < 1.29 is 18.9 Å². The van der Waals surface area contributed by atoms with Crippen LogP contribution in [-0.2, 0) is 19.5 Å². The number of benzene rings is 2. The molecule has 4 aliphatic rings. The van der Waals surface area contributed by atoms with Crippen LogP contribution in [0.3, 0.4) is 0 Å². The zero-order valence-electron chi connectivity index (χ0n) is 37.1. The number of aromatic nitrogens is 8. The van der Waals surface area contributed by atoms with Crippen molar-refractivity contribution in [2.45, 2.75) is 65.1 Å². The van der Waals surface area contributed by atoms with E-state index < -0.39 is 0 Å². The van der Waals surface area contributed by atoms with E-state index >= 15 is 0 Å². The predicted octanol–water partition coefficient (Wildman–Crippen LogP) is 9.62. The molecule has 2 aromatic carbocycles. The fourth-order valence-corrected chi connectivity index (χ4v) is 10.3. The summed E-state index contributed by atoms with van der Waals surface area (Å²) in [5.41, 5.74) is 8.62. The first kappa shape index (κ1) is 46.4.